The van der Waals surface area contributed by atoms with E-state index in [1.807, 2.05) is 36.4 Å². The highest BCUT2D eigenvalue weighted by molar-refractivity contribution is 5.96. The number of carbonyl (C=O) groups is 1. The lowest BCUT2D eigenvalue weighted by atomic mass is 9.88. The molecule has 0 radical (unpaired) electrons. The standard InChI is InChI=1S/C28H23F3N2O2/c29-28(30,31)23-9-6-18(7-10-23)19-12-14-33(15-13-19)25-17-22-16-21(27(34)35)8-11-24(22)32-26(25)20-4-2-1-3-5-20/h1-11,16-17,19H,12-15H2,(H,34,35). The Morgan fingerprint density at radius 3 is 2.23 bits per heavy atom. The Kier molecular flexibility index (Phi) is 5.93. The summed E-state index contributed by atoms with van der Waals surface area (Å²) in [7, 11) is 0. The van der Waals surface area contributed by atoms with E-state index in [4.69, 9.17) is 4.98 Å². The number of fused-ring (bicyclic) bond motifs is 1. The van der Waals surface area contributed by atoms with Crippen LogP contribution in [0.1, 0.15) is 40.2 Å². The van der Waals surface area contributed by atoms with E-state index < -0.39 is 17.7 Å². The van der Waals surface area contributed by atoms with E-state index in [-0.39, 0.29) is 11.5 Å². The summed E-state index contributed by atoms with van der Waals surface area (Å²) in [5, 5.41) is 10.2. The number of rotatable bonds is 4. The van der Waals surface area contributed by atoms with Crippen LogP contribution in [0.3, 0.4) is 0 Å². The van der Waals surface area contributed by atoms with E-state index in [1.165, 1.54) is 0 Å². The molecule has 0 atom stereocenters. The zero-order valence-corrected chi connectivity index (χ0v) is 18.8. The van der Waals surface area contributed by atoms with Gasteiger partial charge in [0.05, 0.1) is 28.0 Å². The lowest BCUT2D eigenvalue weighted by Gasteiger charge is -2.35. The molecule has 1 aromatic heterocycles. The number of aromatic nitrogens is 1. The molecule has 1 saturated heterocycles. The number of anilines is 1. The number of piperidine rings is 1. The van der Waals surface area contributed by atoms with Crippen LogP contribution in [0, 0.1) is 0 Å². The van der Waals surface area contributed by atoms with Gasteiger partial charge < -0.3 is 10.0 Å². The molecule has 0 spiro atoms. The van der Waals surface area contributed by atoms with Crippen LogP contribution < -0.4 is 4.90 Å². The number of alkyl halides is 3. The van der Waals surface area contributed by atoms with E-state index in [1.54, 1.807) is 30.3 Å². The van der Waals surface area contributed by atoms with E-state index in [2.05, 4.69) is 4.90 Å². The fourth-order valence-electron chi connectivity index (χ4n) is 4.75. The average Bonchev–Trinajstić information content (AvgIpc) is 2.88. The fraction of sp³-hybridized carbons (Fsp3) is 0.214. The normalized spacial score (nSPS) is 14.9. The van der Waals surface area contributed by atoms with Gasteiger partial charge in [0.15, 0.2) is 0 Å². The van der Waals surface area contributed by atoms with Crippen LogP contribution in [0.5, 0.6) is 0 Å². The number of pyridine rings is 1. The van der Waals surface area contributed by atoms with E-state index >= 15 is 0 Å². The summed E-state index contributed by atoms with van der Waals surface area (Å²) < 4.78 is 38.7. The van der Waals surface area contributed by atoms with Gasteiger partial charge in [-0.3, -0.25) is 0 Å². The second-order valence-electron chi connectivity index (χ2n) is 8.82. The van der Waals surface area contributed by atoms with Crippen LogP contribution in [0.25, 0.3) is 22.2 Å². The van der Waals surface area contributed by atoms with Crippen molar-refractivity contribution in [1.82, 2.24) is 4.98 Å². The van der Waals surface area contributed by atoms with Crippen LogP contribution in [0.4, 0.5) is 18.9 Å². The summed E-state index contributed by atoms with van der Waals surface area (Å²) in [6.45, 7) is 1.44. The second-order valence-corrected chi connectivity index (χ2v) is 8.82. The zero-order valence-electron chi connectivity index (χ0n) is 18.8. The number of carboxylic acids is 1. The number of halogens is 3. The van der Waals surface area contributed by atoms with Gasteiger partial charge in [-0.1, -0.05) is 42.5 Å². The number of carboxylic acid groups (broad SMARTS) is 1. The first kappa shape index (κ1) is 22.9. The first-order chi connectivity index (χ1) is 16.8. The van der Waals surface area contributed by atoms with Crippen LogP contribution in [-0.2, 0) is 6.18 Å². The maximum absolute atomic E-state index is 12.9. The molecule has 3 aromatic carbocycles. The summed E-state index contributed by atoms with van der Waals surface area (Å²) >= 11 is 0. The molecule has 2 heterocycles. The van der Waals surface area contributed by atoms with E-state index in [0.29, 0.717) is 0 Å². The molecule has 0 amide bonds. The van der Waals surface area contributed by atoms with Gasteiger partial charge >= 0.3 is 12.1 Å². The fourth-order valence-corrected chi connectivity index (χ4v) is 4.75. The Balaban J connectivity index is 1.45. The number of nitrogens with zero attached hydrogens (tertiary/aromatic N) is 2. The van der Waals surface area contributed by atoms with Gasteiger partial charge in [-0.15, -0.1) is 0 Å². The second kappa shape index (κ2) is 9.06. The van der Waals surface area contributed by atoms with Gasteiger partial charge in [-0.05, 0) is 60.7 Å². The molecule has 5 rings (SSSR count). The first-order valence-electron chi connectivity index (χ1n) is 11.5. The highest BCUT2D eigenvalue weighted by atomic mass is 19.4. The van der Waals surface area contributed by atoms with E-state index in [0.717, 1.165) is 71.5 Å². The van der Waals surface area contributed by atoms with Gasteiger partial charge in [-0.25, -0.2) is 9.78 Å². The highest BCUT2D eigenvalue weighted by Gasteiger charge is 2.31. The van der Waals surface area contributed by atoms with Gasteiger partial charge in [0.1, 0.15) is 0 Å². The molecular weight excluding hydrogens is 453 g/mol. The Morgan fingerprint density at radius 2 is 1.60 bits per heavy atom. The Hall–Kier alpha value is -3.87. The monoisotopic (exact) mass is 476 g/mol. The Morgan fingerprint density at radius 1 is 0.914 bits per heavy atom. The molecule has 1 N–H and O–H groups in total. The van der Waals surface area contributed by atoms with Crippen LogP contribution >= 0.6 is 0 Å². The van der Waals surface area contributed by atoms with Crippen LogP contribution in [0.2, 0.25) is 0 Å². The summed E-state index contributed by atoms with van der Waals surface area (Å²) in [4.78, 5) is 18.6. The third-order valence-electron chi connectivity index (χ3n) is 6.63. The highest BCUT2D eigenvalue weighted by Crippen LogP contribution is 2.38. The maximum atomic E-state index is 12.9. The third-order valence-corrected chi connectivity index (χ3v) is 6.63. The SMILES string of the molecule is O=C(O)c1ccc2nc(-c3ccccc3)c(N3CCC(c4ccc(C(F)(F)F)cc4)CC3)cc2c1. The predicted octanol–water partition coefficient (Wildman–Crippen LogP) is 7.00. The first-order valence-corrected chi connectivity index (χ1v) is 11.5. The summed E-state index contributed by atoms with van der Waals surface area (Å²) in [6, 6.07) is 22.2. The van der Waals surface area contributed by atoms with Crippen molar-refractivity contribution in [2.75, 3.05) is 18.0 Å². The number of benzene rings is 3. The quantitative estimate of drug-likeness (QED) is 0.345. The lowest BCUT2D eigenvalue weighted by molar-refractivity contribution is -0.137. The molecule has 1 aliphatic heterocycles. The molecule has 1 aliphatic rings. The van der Waals surface area contributed by atoms with Crippen molar-refractivity contribution in [1.29, 1.82) is 0 Å². The maximum Gasteiger partial charge on any atom is 0.416 e. The topological polar surface area (TPSA) is 53.4 Å². The molecule has 7 heteroatoms. The minimum absolute atomic E-state index is 0.181. The van der Waals surface area contributed by atoms with Crippen molar-refractivity contribution in [2.45, 2.75) is 24.9 Å². The smallest absolute Gasteiger partial charge is 0.416 e. The molecule has 1 fully saturated rings. The summed E-state index contributed by atoms with van der Waals surface area (Å²) in [5.74, 6) is -0.807. The molecule has 178 valence electrons. The van der Waals surface area contributed by atoms with Crippen molar-refractivity contribution in [3.63, 3.8) is 0 Å². The number of hydrogen-bond acceptors (Lipinski definition) is 3. The average molecular weight is 476 g/mol. The van der Waals surface area contributed by atoms with Crippen molar-refractivity contribution >= 4 is 22.6 Å². The zero-order chi connectivity index (χ0) is 24.6. The molecule has 0 unspecified atom stereocenters. The molecule has 0 bridgehead atoms. The van der Waals surface area contributed by atoms with Crippen molar-refractivity contribution in [2.24, 2.45) is 0 Å². The predicted molar refractivity (Wildman–Crippen MR) is 130 cm³/mol. The van der Waals surface area contributed by atoms with Crippen molar-refractivity contribution < 1.29 is 23.1 Å². The lowest BCUT2D eigenvalue weighted by Crippen LogP contribution is -2.33. The Labute approximate surface area is 200 Å². The minimum Gasteiger partial charge on any atom is -0.478 e. The number of aromatic carboxylic acids is 1. The molecule has 0 saturated carbocycles. The van der Waals surface area contributed by atoms with Gasteiger partial charge in [0, 0.05) is 24.0 Å². The molecular formula is C28H23F3N2O2. The van der Waals surface area contributed by atoms with Crippen LogP contribution in [0.15, 0.2) is 78.9 Å². The van der Waals surface area contributed by atoms with Crippen molar-refractivity contribution in [3.05, 3.63) is 95.6 Å². The molecule has 0 aliphatic carbocycles. The van der Waals surface area contributed by atoms with Gasteiger partial charge in [-0.2, -0.15) is 13.2 Å². The molecule has 35 heavy (non-hydrogen) atoms. The van der Waals surface area contributed by atoms with E-state index in [9.17, 15) is 23.1 Å². The van der Waals surface area contributed by atoms with Crippen LogP contribution in [-0.4, -0.2) is 29.1 Å². The number of hydrogen-bond donors (Lipinski definition) is 1. The minimum atomic E-state index is -4.33. The largest absolute Gasteiger partial charge is 0.478 e. The van der Waals surface area contributed by atoms with Gasteiger partial charge in [0.2, 0.25) is 0 Å². The Bertz CT molecular complexity index is 1360. The summed E-state index contributed by atoms with van der Waals surface area (Å²) in [6.07, 6.45) is -2.74. The summed E-state index contributed by atoms with van der Waals surface area (Å²) in [5.41, 5.74) is 3.94. The van der Waals surface area contributed by atoms with Gasteiger partial charge in [0.25, 0.3) is 0 Å². The molecule has 4 aromatic rings. The van der Waals surface area contributed by atoms with Crippen molar-refractivity contribution in [3.8, 4) is 11.3 Å². The molecule has 4 nitrogen and oxygen atoms in total. The third kappa shape index (κ3) is 4.71.